The van der Waals surface area contributed by atoms with E-state index in [0.29, 0.717) is 0 Å². The molecule has 0 saturated carbocycles. The number of hydroxylamine groups is 2. The summed E-state index contributed by atoms with van der Waals surface area (Å²) in [6, 6.07) is 18.9. The predicted octanol–water partition coefficient (Wildman–Crippen LogP) is 4.32. The third-order valence-corrected chi connectivity index (χ3v) is 3.88. The summed E-state index contributed by atoms with van der Waals surface area (Å²) in [5.74, 6) is 0.920. The van der Waals surface area contributed by atoms with Crippen LogP contribution in [0, 0.1) is 0 Å². The first-order chi connectivity index (χ1) is 11.0. The van der Waals surface area contributed by atoms with Gasteiger partial charge in [-0.05, 0) is 43.5 Å². The zero-order valence-corrected chi connectivity index (χ0v) is 14.6. The van der Waals surface area contributed by atoms with Crippen molar-refractivity contribution in [1.29, 1.82) is 0 Å². The molecule has 2 aromatic rings. The SMILES string of the molecule is CON(C)CCC(C)(C)Oc1cccc(Cc2ccccc2)c1. The van der Waals surface area contributed by atoms with E-state index in [1.54, 1.807) is 7.11 Å². The summed E-state index contributed by atoms with van der Waals surface area (Å²) < 4.78 is 6.19. The maximum atomic E-state index is 6.19. The second-order valence-corrected chi connectivity index (χ2v) is 6.46. The minimum absolute atomic E-state index is 0.238. The molecule has 0 saturated heterocycles. The first kappa shape index (κ1) is 17.5. The molecule has 0 N–H and O–H groups in total. The van der Waals surface area contributed by atoms with Gasteiger partial charge in [0, 0.05) is 20.0 Å². The van der Waals surface area contributed by atoms with Gasteiger partial charge in [0.05, 0.1) is 7.11 Å². The first-order valence-corrected chi connectivity index (χ1v) is 8.06. The Morgan fingerprint density at radius 1 is 0.957 bits per heavy atom. The van der Waals surface area contributed by atoms with Crippen molar-refractivity contribution in [1.82, 2.24) is 5.06 Å². The standard InChI is InChI=1S/C20H27NO2/c1-20(2,13-14-21(3)22-4)23-19-12-8-11-18(16-19)15-17-9-6-5-7-10-17/h5-12,16H,13-15H2,1-4H3. The molecule has 23 heavy (non-hydrogen) atoms. The van der Waals surface area contributed by atoms with Crippen LogP contribution in [-0.2, 0) is 11.3 Å². The fourth-order valence-electron chi connectivity index (χ4n) is 2.44. The van der Waals surface area contributed by atoms with E-state index in [4.69, 9.17) is 9.57 Å². The fraction of sp³-hybridized carbons (Fsp3) is 0.400. The highest BCUT2D eigenvalue weighted by Crippen LogP contribution is 2.23. The van der Waals surface area contributed by atoms with E-state index in [1.165, 1.54) is 11.1 Å². The van der Waals surface area contributed by atoms with Crippen molar-refractivity contribution in [2.24, 2.45) is 0 Å². The van der Waals surface area contributed by atoms with Gasteiger partial charge >= 0.3 is 0 Å². The molecule has 0 heterocycles. The molecular formula is C20H27NO2. The van der Waals surface area contributed by atoms with Crippen LogP contribution in [0.25, 0.3) is 0 Å². The van der Waals surface area contributed by atoms with Gasteiger partial charge in [0.2, 0.25) is 0 Å². The third kappa shape index (κ3) is 6.05. The first-order valence-electron chi connectivity index (χ1n) is 8.06. The molecule has 3 heteroatoms. The van der Waals surface area contributed by atoms with Crippen LogP contribution in [-0.4, -0.2) is 31.4 Å². The topological polar surface area (TPSA) is 21.7 Å². The van der Waals surface area contributed by atoms with Crippen molar-refractivity contribution < 1.29 is 9.57 Å². The van der Waals surface area contributed by atoms with Crippen LogP contribution in [0.4, 0.5) is 0 Å². The summed E-state index contributed by atoms with van der Waals surface area (Å²) >= 11 is 0. The Morgan fingerprint density at radius 2 is 1.65 bits per heavy atom. The zero-order valence-electron chi connectivity index (χ0n) is 14.6. The van der Waals surface area contributed by atoms with E-state index < -0.39 is 0 Å². The molecule has 0 unspecified atom stereocenters. The summed E-state index contributed by atoms with van der Waals surface area (Å²) in [7, 11) is 3.61. The van der Waals surface area contributed by atoms with Crippen molar-refractivity contribution in [3.8, 4) is 5.75 Å². The molecular weight excluding hydrogens is 286 g/mol. The maximum Gasteiger partial charge on any atom is 0.120 e. The van der Waals surface area contributed by atoms with Gasteiger partial charge in [-0.2, -0.15) is 5.06 Å². The van der Waals surface area contributed by atoms with Crippen molar-refractivity contribution >= 4 is 0 Å². The van der Waals surface area contributed by atoms with Gasteiger partial charge in [-0.3, -0.25) is 0 Å². The number of hydrogen-bond acceptors (Lipinski definition) is 3. The Morgan fingerprint density at radius 3 is 2.35 bits per heavy atom. The number of benzene rings is 2. The molecule has 2 rings (SSSR count). The van der Waals surface area contributed by atoms with Gasteiger partial charge < -0.3 is 9.57 Å². The van der Waals surface area contributed by atoms with Crippen LogP contribution in [0.15, 0.2) is 54.6 Å². The van der Waals surface area contributed by atoms with Crippen molar-refractivity contribution in [3.63, 3.8) is 0 Å². The summed E-state index contributed by atoms with van der Waals surface area (Å²) in [6.07, 6.45) is 1.81. The van der Waals surface area contributed by atoms with Crippen LogP contribution in [0.3, 0.4) is 0 Å². The van der Waals surface area contributed by atoms with Crippen LogP contribution in [0.2, 0.25) is 0 Å². The molecule has 0 fully saturated rings. The minimum atomic E-state index is -0.238. The molecule has 3 nitrogen and oxygen atoms in total. The van der Waals surface area contributed by atoms with E-state index in [9.17, 15) is 0 Å². The maximum absolute atomic E-state index is 6.19. The molecule has 0 aliphatic heterocycles. The molecule has 0 aliphatic carbocycles. The average molecular weight is 313 g/mol. The van der Waals surface area contributed by atoms with Gasteiger partial charge in [0.15, 0.2) is 0 Å². The summed E-state index contributed by atoms with van der Waals surface area (Å²) in [4.78, 5) is 5.16. The minimum Gasteiger partial charge on any atom is -0.488 e. The van der Waals surface area contributed by atoms with Crippen LogP contribution in [0.1, 0.15) is 31.4 Å². The van der Waals surface area contributed by atoms with Gasteiger partial charge in [-0.25, -0.2) is 0 Å². The predicted molar refractivity (Wildman–Crippen MR) is 94.7 cm³/mol. The Hall–Kier alpha value is -1.84. The highest BCUT2D eigenvalue weighted by atomic mass is 16.7. The summed E-state index contributed by atoms with van der Waals surface area (Å²) in [5.41, 5.74) is 2.34. The fourth-order valence-corrected chi connectivity index (χ4v) is 2.44. The molecule has 0 bridgehead atoms. The van der Waals surface area contributed by atoms with Crippen molar-refractivity contribution in [2.75, 3.05) is 20.7 Å². The van der Waals surface area contributed by atoms with Gasteiger partial charge in [0.1, 0.15) is 11.4 Å². The monoisotopic (exact) mass is 313 g/mol. The second-order valence-electron chi connectivity index (χ2n) is 6.46. The van der Waals surface area contributed by atoms with E-state index in [0.717, 1.165) is 25.1 Å². The highest BCUT2D eigenvalue weighted by molar-refractivity contribution is 5.33. The molecule has 2 aromatic carbocycles. The molecule has 0 aromatic heterocycles. The number of hydrogen-bond donors (Lipinski definition) is 0. The Labute approximate surface area is 139 Å². The van der Waals surface area contributed by atoms with Gasteiger partial charge in [-0.1, -0.05) is 42.5 Å². The lowest BCUT2D eigenvalue weighted by Gasteiger charge is -2.28. The second kappa shape index (κ2) is 8.14. The van der Waals surface area contributed by atoms with Crippen LogP contribution < -0.4 is 4.74 Å². The molecule has 124 valence electrons. The van der Waals surface area contributed by atoms with Crippen LogP contribution >= 0.6 is 0 Å². The average Bonchev–Trinajstić information content (AvgIpc) is 2.53. The quantitative estimate of drug-likeness (QED) is 0.678. The summed E-state index contributed by atoms with van der Waals surface area (Å²) in [5, 5.41) is 1.82. The lowest BCUT2D eigenvalue weighted by molar-refractivity contribution is -0.117. The number of ether oxygens (including phenoxy) is 1. The van der Waals surface area contributed by atoms with E-state index in [2.05, 4.69) is 56.3 Å². The molecule has 0 spiro atoms. The number of nitrogens with zero attached hydrogens (tertiary/aromatic N) is 1. The Bertz CT molecular complexity index is 596. The zero-order chi connectivity index (χ0) is 16.7. The Balaban J connectivity index is 1.99. The normalized spacial score (nSPS) is 11.7. The number of rotatable bonds is 8. The largest absolute Gasteiger partial charge is 0.488 e. The third-order valence-electron chi connectivity index (χ3n) is 3.88. The molecule has 0 atom stereocenters. The molecule has 0 aliphatic rings. The van der Waals surface area contributed by atoms with Gasteiger partial charge in [-0.15, -0.1) is 0 Å². The summed E-state index contributed by atoms with van der Waals surface area (Å²) in [6.45, 7) is 5.05. The van der Waals surface area contributed by atoms with Crippen molar-refractivity contribution in [3.05, 3.63) is 65.7 Å². The van der Waals surface area contributed by atoms with E-state index >= 15 is 0 Å². The smallest absolute Gasteiger partial charge is 0.120 e. The van der Waals surface area contributed by atoms with E-state index in [1.807, 2.05) is 24.2 Å². The molecule has 0 radical (unpaired) electrons. The highest BCUT2D eigenvalue weighted by Gasteiger charge is 2.20. The van der Waals surface area contributed by atoms with Crippen LogP contribution in [0.5, 0.6) is 5.75 Å². The van der Waals surface area contributed by atoms with Crippen molar-refractivity contribution in [2.45, 2.75) is 32.3 Å². The lowest BCUT2D eigenvalue weighted by Crippen LogP contribution is -2.33. The lowest BCUT2D eigenvalue weighted by atomic mass is 10.0. The van der Waals surface area contributed by atoms with E-state index in [-0.39, 0.29) is 5.60 Å². The van der Waals surface area contributed by atoms with Gasteiger partial charge in [0.25, 0.3) is 0 Å². The molecule has 0 amide bonds. The Kier molecular flexibility index (Phi) is 6.20.